The van der Waals surface area contributed by atoms with Crippen molar-refractivity contribution in [1.29, 1.82) is 0 Å². The number of para-hydroxylation sites is 1. The van der Waals surface area contributed by atoms with Gasteiger partial charge in [0.25, 0.3) is 0 Å². The van der Waals surface area contributed by atoms with Gasteiger partial charge in [-0.1, -0.05) is 43.6 Å². The SMILES string of the molecule is Cc1nn(CCCOc2ccccc2)c(Cl)c1C(C)C. The third-order valence-electron chi connectivity index (χ3n) is 3.21. The molecule has 0 spiro atoms. The van der Waals surface area contributed by atoms with Crippen LogP contribution in [0.1, 0.15) is 37.4 Å². The van der Waals surface area contributed by atoms with Crippen LogP contribution in [0.25, 0.3) is 0 Å². The first-order valence-corrected chi connectivity index (χ1v) is 7.38. The standard InChI is InChI=1S/C16H21ClN2O/c1-12(2)15-13(3)18-19(16(15)17)10-7-11-20-14-8-5-4-6-9-14/h4-6,8-9,12H,7,10-11H2,1-3H3. The maximum atomic E-state index is 6.38. The molecule has 0 aliphatic rings. The lowest BCUT2D eigenvalue weighted by atomic mass is 10.1. The van der Waals surface area contributed by atoms with Crippen LogP contribution in [0.5, 0.6) is 5.75 Å². The van der Waals surface area contributed by atoms with Gasteiger partial charge in [0.2, 0.25) is 0 Å². The van der Waals surface area contributed by atoms with Crippen LogP contribution in [-0.4, -0.2) is 16.4 Å². The van der Waals surface area contributed by atoms with Crippen molar-refractivity contribution < 1.29 is 4.74 Å². The molecule has 0 saturated carbocycles. The summed E-state index contributed by atoms with van der Waals surface area (Å²) in [5.41, 5.74) is 2.17. The number of rotatable bonds is 6. The molecular formula is C16H21ClN2O. The molecule has 0 bridgehead atoms. The normalized spacial score (nSPS) is 11.1. The maximum Gasteiger partial charge on any atom is 0.130 e. The van der Waals surface area contributed by atoms with E-state index in [9.17, 15) is 0 Å². The first-order chi connectivity index (χ1) is 9.59. The fourth-order valence-electron chi connectivity index (χ4n) is 2.29. The van der Waals surface area contributed by atoms with E-state index in [4.69, 9.17) is 16.3 Å². The molecule has 20 heavy (non-hydrogen) atoms. The number of aryl methyl sites for hydroxylation is 2. The monoisotopic (exact) mass is 292 g/mol. The van der Waals surface area contributed by atoms with E-state index in [1.807, 2.05) is 41.9 Å². The molecule has 1 heterocycles. The van der Waals surface area contributed by atoms with Crippen molar-refractivity contribution >= 4 is 11.6 Å². The van der Waals surface area contributed by atoms with Crippen LogP contribution in [-0.2, 0) is 6.54 Å². The van der Waals surface area contributed by atoms with Crippen LogP contribution < -0.4 is 4.74 Å². The minimum absolute atomic E-state index is 0.400. The lowest BCUT2D eigenvalue weighted by Gasteiger charge is -2.07. The van der Waals surface area contributed by atoms with Gasteiger partial charge in [-0.3, -0.25) is 4.68 Å². The molecule has 0 saturated heterocycles. The van der Waals surface area contributed by atoms with Gasteiger partial charge in [-0.15, -0.1) is 0 Å². The van der Waals surface area contributed by atoms with Crippen molar-refractivity contribution in [2.75, 3.05) is 6.61 Å². The van der Waals surface area contributed by atoms with Crippen molar-refractivity contribution in [2.24, 2.45) is 0 Å². The Morgan fingerprint density at radius 1 is 1.25 bits per heavy atom. The highest BCUT2D eigenvalue weighted by Gasteiger charge is 2.15. The van der Waals surface area contributed by atoms with Crippen LogP contribution in [0.2, 0.25) is 5.15 Å². The van der Waals surface area contributed by atoms with Gasteiger partial charge in [-0.2, -0.15) is 5.10 Å². The molecule has 0 radical (unpaired) electrons. The Bertz CT molecular complexity index is 549. The lowest BCUT2D eigenvalue weighted by molar-refractivity contribution is 0.298. The number of hydrogen-bond acceptors (Lipinski definition) is 2. The second kappa shape index (κ2) is 6.80. The van der Waals surface area contributed by atoms with Crippen molar-refractivity contribution in [1.82, 2.24) is 9.78 Å². The fourth-order valence-corrected chi connectivity index (χ4v) is 2.77. The van der Waals surface area contributed by atoms with E-state index in [1.165, 1.54) is 0 Å². The first-order valence-electron chi connectivity index (χ1n) is 7.00. The summed E-state index contributed by atoms with van der Waals surface area (Å²) in [6.45, 7) is 7.73. The number of benzene rings is 1. The minimum Gasteiger partial charge on any atom is -0.494 e. The van der Waals surface area contributed by atoms with Gasteiger partial charge in [-0.25, -0.2) is 0 Å². The average Bonchev–Trinajstić information content (AvgIpc) is 2.71. The zero-order valence-electron chi connectivity index (χ0n) is 12.3. The highest BCUT2D eigenvalue weighted by Crippen LogP contribution is 2.27. The lowest BCUT2D eigenvalue weighted by Crippen LogP contribution is -2.06. The van der Waals surface area contributed by atoms with E-state index >= 15 is 0 Å². The van der Waals surface area contributed by atoms with Crippen molar-refractivity contribution in [3.63, 3.8) is 0 Å². The molecule has 0 aliphatic heterocycles. The van der Waals surface area contributed by atoms with Gasteiger partial charge in [-0.05, 0) is 25.0 Å². The molecule has 0 N–H and O–H groups in total. The molecule has 0 fully saturated rings. The van der Waals surface area contributed by atoms with Crippen LogP contribution >= 0.6 is 11.6 Å². The van der Waals surface area contributed by atoms with Gasteiger partial charge in [0.05, 0.1) is 12.3 Å². The van der Waals surface area contributed by atoms with E-state index in [0.717, 1.165) is 35.1 Å². The molecule has 2 rings (SSSR count). The number of nitrogens with zero attached hydrogens (tertiary/aromatic N) is 2. The topological polar surface area (TPSA) is 27.1 Å². The third-order valence-corrected chi connectivity index (χ3v) is 3.61. The van der Waals surface area contributed by atoms with Crippen molar-refractivity contribution in [2.45, 2.75) is 39.7 Å². The first kappa shape index (κ1) is 14.9. The Labute approximate surface area is 125 Å². The second-order valence-electron chi connectivity index (χ2n) is 5.18. The molecule has 0 amide bonds. The van der Waals surface area contributed by atoms with Gasteiger partial charge in [0.15, 0.2) is 0 Å². The Morgan fingerprint density at radius 2 is 1.95 bits per heavy atom. The Morgan fingerprint density at radius 3 is 2.55 bits per heavy atom. The van der Waals surface area contributed by atoms with Crippen molar-refractivity contribution in [3.05, 3.63) is 46.7 Å². The van der Waals surface area contributed by atoms with Crippen LogP contribution in [0.4, 0.5) is 0 Å². The summed E-state index contributed by atoms with van der Waals surface area (Å²) >= 11 is 6.38. The summed E-state index contributed by atoms with van der Waals surface area (Å²) in [7, 11) is 0. The molecule has 3 nitrogen and oxygen atoms in total. The van der Waals surface area contributed by atoms with E-state index < -0.39 is 0 Å². The van der Waals surface area contributed by atoms with E-state index in [0.29, 0.717) is 12.5 Å². The largest absolute Gasteiger partial charge is 0.494 e. The number of halogens is 1. The predicted molar refractivity (Wildman–Crippen MR) is 82.6 cm³/mol. The molecule has 1 aromatic carbocycles. The summed E-state index contributed by atoms with van der Waals surface area (Å²) in [6.07, 6.45) is 0.882. The number of aromatic nitrogens is 2. The summed E-state index contributed by atoms with van der Waals surface area (Å²) in [5.74, 6) is 1.30. The van der Waals surface area contributed by atoms with Crippen LogP contribution in [0, 0.1) is 6.92 Å². The fraction of sp³-hybridized carbons (Fsp3) is 0.438. The average molecular weight is 293 g/mol. The van der Waals surface area contributed by atoms with Gasteiger partial charge < -0.3 is 4.74 Å². The molecular weight excluding hydrogens is 272 g/mol. The van der Waals surface area contributed by atoms with Gasteiger partial charge in [0, 0.05) is 18.5 Å². The molecule has 108 valence electrons. The molecule has 1 aromatic heterocycles. The minimum atomic E-state index is 0.400. The molecule has 0 aliphatic carbocycles. The van der Waals surface area contributed by atoms with Crippen LogP contribution in [0.15, 0.2) is 30.3 Å². The highest BCUT2D eigenvalue weighted by molar-refractivity contribution is 6.30. The Kier molecular flexibility index (Phi) is 5.07. The predicted octanol–water partition coefficient (Wildman–Crippen LogP) is 4.44. The van der Waals surface area contributed by atoms with E-state index in [1.54, 1.807) is 0 Å². The van der Waals surface area contributed by atoms with Crippen LogP contribution in [0.3, 0.4) is 0 Å². The molecule has 0 unspecified atom stereocenters. The Balaban J connectivity index is 1.87. The number of hydrogen-bond donors (Lipinski definition) is 0. The zero-order valence-corrected chi connectivity index (χ0v) is 13.0. The number of ether oxygens (including phenoxy) is 1. The van der Waals surface area contributed by atoms with Crippen molar-refractivity contribution in [3.8, 4) is 5.75 Å². The van der Waals surface area contributed by atoms with Gasteiger partial charge in [0.1, 0.15) is 10.9 Å². The summed E-state index contributed by atoms with van der Waals surface area (Å²) in [5, 5.41) is 5.27. The van der Waals surface area contributed by atoms with E-state index in [2.05, 4.69) is 18.9 Å². The second-order valence-corrected chi connectivity index (χ2v) is 5.54. The summed E-state index contributed by atoms with van der Waals surface area (Å²) in [4.78, 5) is 0. The molecule has 4 heteroatoms. The molecule has 0 atom stereocenters. The maximum absolute atomic E-state index is 6.38. The summed E-state index contributed by atoms with van der Waals surface area (Å²) in [6, 6.07) is 9.84. The smallest absolute Gasteiger partial charge is 0.130 e. The summed E-state index contributed by atoms with van der Waals surface area (Å²) < 4.78 is 7.54. The quantitative estimate of drug-likeness (QED) is 0.736. The Hall–Kier alpha value is -1.48. The van der Waals surface area contributed by atoms with E-state index in [-0.39, 0.29) is 0 Å². The third kappa shape index (κ3) is 3.54. The zero-order chi connectivity index (χ0) is 14.5. The highest BCUT2D eigenvalue weighted by atomic mass is 35.5. The molecule has 2 aromatic rings. The van der Waals surface area contributed by atoms with Gasteiger partial charge >= 0.3 is 0 Å².